The van der Waals surface area contributed by atoms with Crippen LogP contribution in [-0.2, 0) is 16.0 Å². The third-order valence-electron chi connectivity index (χ3n) is 5.53. The second-order valence-electron chi connectivity index (χ2n) is 7.38. The lowest BCUT2D eigenvalue weighted by Gasteiger charge is -2.36. The highest BCUT2D eigenvalue weighted by molar-refractivity contribution is 5.97. The van der Waals surface area contributed by atoms with Crippen molar-refractivity contribution in [2.45, 2.75) is 38.8 Å². The van der Waals surface area contributed by atoms with Gasteiger partial charge in [0.25, 0.3) is 0 Å². The Morgan fingerprint density at radius 1 is 1.17 bits per heavy atom. The SMILES string of the molecule is CC(=O)N1C=Cc2ccccc2C1CC(=O)N1CCCc2cccc(OC(F)F)c21. The summed E-state index contributed by atoms with van der Waals surface area (Å²) >= 11 is 0. The van der Waals surface area contributed by atoms with Crippen molar-refractivity contribution in [1.29, 1.82) is 0 Å². The van der Waals surface area contributed by atoms with Gasteiger partial charge in [-0.05, 0) is 41.7 Å². The summed E-state index contributed by atoms with van der Waals surface area (Å²) < 4.78 is 30.5. The molecule has 2 aliphatic heterocycles. The van der Waals surface area contributed by atoms with Crippen molar-refractivity contribution < 1.29 is 23.1 Å². The van der Waals surface area contributed by atoms with Gasteiger partial charge in [-0.25, -0.2) is 0 Å². The van der Waals surface area contributed by atoms with E-state index < -0.39 is 12.7 Å². The zero-order valence-electron chi connectivity index (χ0n) is 16.6. The standard InChI is InChI=1S/C23H22F2N2O3/c1-15(28)26-13-11-16-6-2-3-9-18(16)19(26)14-21(29)27-12-5-8-17-7-4-10-20(22(17)27)30-23(24)25/h2-4,6-7,9-11,13,19,23H,5,8,12,14H2,1H3. The van der Waals surface area contributed by atoms with E-state index >= 15 is 0 Å². The van der Waals surface area contributed by atoms with Gasteiger partial charge < -0.3 is 14.5 Å². The zero-order chi connectivity index (χ0) is 21.3. The van der Waals surface area contributed by atoms with Crippen LogP contribution in [0.5, 0.6) is 5.75 Å². The van der Waals surface area contributed by atoms with Crippen molar-refractivity contribution in [1.82, 2.24) is 4.90 Å². The molecule has 0 fully saturated rings. The Balaban J connectivity index is 1.67. The fourth-order valence-corrected chi connectivity index (χ4v) is 4.24. The fraction of sp³-hybridized carbons (Fsp3) is 0.304. The molecule has 0 aliphatic carbocycles. The molecule has 2 heterocycles. The van der Waals surface area contributed by atoms with Gasteiger partial charge in [0.1, 0.15) is 5.75 Å². The molecule has 0 aromatic heterocycles. The number of hydrogen-bond acceptors (Lipinski definition) is 3. The van der Waals surface area contributed by atoms with Crippen LogP contribution in [0.1, 0.15) is 42.5 Å². The summed E-state index contributed by atoms with van der Waals surface area (Å²) in [7, 11) is 0. The number of rotatable bonds is 4. The van der Waals surface area contributed by atoms with Crippen LogP contribution in [0.3, 0.4) is 0 Å². The number of ether oxygens (including phenoxy) is 1. The van der Waals surface area contributed by atoms with Gasteiger partial charge in [0.05, 0.1) is 18.2 Å². The average molecular weight is 412 g/mol. The highest BCUT2D eigenvalue weighted by atomic mass is 19.3. The van der Waals surface area contributed by atoms with E-state index in [1.807, 2.05) is 36.4 Å². The Morgan fingerprint density at radius 3 is 2.73 bits per heavy atom. The topological polar surface area (TPSA) is 49.9 Å². The number of aryl methyl sites for hydroxylation is 1. The molecule has 0 radical (unpaired) electrons. The third-order valence-corrected chi connectivity index (χ3v) is 5.53. The predicted octanol–water partition coefficient (Wildman–Crippen LogP) is 4.53. The van der Waals surface area contributed by atoms with Crippen molar-refractivity contribution in [2.75, 3.05) is 11.4 Å². The van der Waals surface area contributed by atoms with Gasteiger partial charge in [0, 0.05) is 19.7 Å². The summed E-state index contributed by atoms with van der Waals surface area (Å²) in [5.41, 5.74) is 3.05. The van der Waals surface area contributed by atoms with E-state index in [1.54, 1.807) is 17.2 Å². The number of fused-ring (bicyclic) bond motifs is 2. The highest BCUT2D eigenvalue weighted by Gasteiger charge is 2.33. The summed E-state index contributed by atoms with van der Waals surface area (Å²) in [5, 5.41) is 0. The monoisotopic (exact) mass is 412 g/mol. The van der Waals surface area contributed by atoms with Crippen LogP contribution < -0.4 is 9.64 Å². The quantitative estimate of drug-likeness (QED) is 0.741. The number of hydrogen-bond donors (Lipinski definition) is 0. The largest absolute Gasteiger partial charge is 0.433 e. The number of amides is 2. The number of benzene rings is 2. The summed E-state index contributed by atoms with van der Waals surface area (Å²) in [4.78, 5) is 28.6. The Labute approximate surface area is 173 Å². The Bertz CT molecular complexity index is 1010. The van der Waals surface area contributed by atoms with Crippen LogP contribution in [0, 0.1) is 0 Å². The number of alkyl halides is 2. The van der Waals surface area contributed by atoms with Gasteiger partial charge in [-0.1, -0.05) is 36.4 Å². The Hall–Kier alpha value is -3.22. The molecule has 2 aromatic rings. The number of nitrogens with zero attached hydrogens (tertiary/aromatic N) is 2. The highest BCUT2D eigenvalue weighted by Crippen LogP contribution is 2.39. The molecule has 4 rings (SSSR count). The Morgan fingerprint density at radius 2 is 1.97 bits per heavy atom. The minimum atomic E-state index is -2.97. The Kier molecular flexibility index (Phi) is 5.53. The summed E-state index contributed by atoms with van der Waals surface area (Å²) in [5.74, 6) is -0.398. The van der Waals surface area contributed by atoms with Crippen LogP contribution in [0.15, 0.2) is 48.7 Å². The molecule has 0 N–H and O–H groups in total. The second kappa shape index (κ2) is 8.26. The molecular formula is C23H22F2N2O3. The van der Waals surface area contributed by atoms with Crippen molar-refractivity contribution in [3.63, 3.8) is 0 Å². The van der Waals surface area contributed by atoms with Crippen LogP contribution in [-0.4, -0.2) is 29.9 Å². The number of halogens is 2. The first-order valence-corrected chi connectivity index (χ1v) is 9.89. The maximum Gasteiger partial charge on any atom is 0.387 e. The lowest BCUT2D eigenvalue weighted by molar-refractivity contribution is -0.129. The molecule has 7 heteroatoms. The maximum absolute atomic E-state index is 13.4. The molecule has 0 spiro atoms. The van der Waals surface area contributed by atoms with E-state index in [4.69, 9.17) is 4.74 Å². The van der Waals surface area contributed by atoms with Crippen molar-refractivity contribution in [3.05, 3.63) is 65.4 Å². The van der Waals surface area contributed by atoms with Crippen LogP contribution >= 0.6 is 0 Å². The van der Waals surface area contributed by atoms with Gasteiger partial charge in [-0.3, -0.25) is 9.59 Å². The molecule has 30 heavy (non-hydrogen) atoms. The molecule has 2 aromatic carbocycles. The van der Waals surface area contributed by atoms with Gasteiger partial charge in [0.2, 0.25) is 11.8 Å². The summed E-state index contributed by atoms with van der Waals surface area (Å²) in [6, 6.07) is 12.1. The molecule has 1 unspecified atom stereocenters. The van der Waals surface area contributed by atoms with Gasteiger partial charge >= 0.3 is 6.61 Å². The average Bonchev–Trinajstić information content (AvgIpc) is 2.73. The smallest absolute Gasteiger partial charge is 0.387 e. The lowest BCUT2D eigenvalue weighted by Crippen LogP contribution is -2.40. The molecule has 2 amide bonds. The van der Waals surface area contributed by atoms with E-state index in [1.165, 1.54) is 17.9 Å². The lowest BCUT2D eigenvalue weighted by atomic mass is 9.92. The second-order valence-corrected chi connectivity index (χ2v) is 7.38. The molecule has 0 bridgehead atoms. The van der Waals surface area contributed by atoms with E-state index in [9.17, 15) is 18.4 Å². The van der Waals surface area contributed by atoms with Crippen LogP contribution in [0.2, 0.25) is 0 Å². The molecule has 2 aliphatic rings. The summed E-state index contributed by atoms with van der Waals surface area (Å²) in [6.45, 7) is -1.10. The molecule has 1 atom stereocenters. The number of carbonyl (C=O) groups excluding carboxylic acids is 2. The normalized spacial score (nSPS) is 17.5. The molecule has 156 valence electrons. The number of carbonyl (C=O) groups is 2. The first kappa shape index (κ1) is 20.1. The van der Waals surface area contributed by atoms with E-state index in [-0.39, 0.29) is 24.0 Å². The molecular weight excluding hydrogens is 390 g/mol. The summed E-state index contributed by atoms with van der Waals surface area (Å²) in [6.07, 6.45) is 5.01. The minimum Gasteiger partial charge on any atom is -0.433 e. The first-order chi connectivity index (χ1) is 14.5. The van der Waals surface area contributed by atoms with E-state index in [2.05, 4.69) is 0 Å². The maximum atomic E-state index is 13.4. The number of para-hydroxylation sites is 1. The predicted molar refractivity (Wildman–Crippen MR) is 109 cm³/mol. The van der Waals surface area contributed by atoms with E-state index in [0.29, 0.717) is 18.7 Å². The van der Waals surface area contributed by atoms with Crippen LogP contribution in [0.4, 0.5) is 14.5 Å². The van der Waals surface area contributed by atoms with Gasteiger partial charge in [0.15, 0.2) is 0 Å². The van der Waals surface area contributed by atoms with Gasteiger partial charge in [-0.2, -0.15) is 8.78 Å². The first-order valence-electron chi connectivity index (χ1n) is 9.89. The molecule has 0 saturated heterocycles. The van der Waals surface area contributed by atoms with Crippen molar-refractivity contribution >= 4 is 23.6 Å². The molecule has 0 saturated carbocycles. The zero-order valence-corrected chi connectivity index (χ0v) is 16.6. The number of anilines is 1. The van der Waals surface area contributed by atoms with E-state index in [0.717, 1.165) is 23.1 Å². The van der Waals surface area contributed by atoms with Crippen molar-refractivity contribution in [2.24, 2.45) is 0 Å². The van der Waals surface area contributed by atoms with Crippen LogP contribution in [0.25, 0.3) is 6.08 Å². The fourth-order valence-electron chi connectivity index (χ4n) is 4.24. The molecule has 5 nitrogen and oxygen atoms in total. The third kappa shape index (κ3) is 3.79. The van der Waals surface area contributed by atoms with Gasteiger partial charge in [-0.15, -0.1) is 0 Å². The minimum absolute atomic E-state index is 0.00270. The van der Waals surface area contributed by atoms with Crippen molar-refractivity contribution in [3.8, 4) is 5.75 Å².